The van der Waals surface area contributed by atoms with Gasteiger partial charge in [0.2, 0.25) is 0 Å². The van der Waals surface area contributed by atoms with Crippen molar-refractivity contribution in [3.63, 3.8) is 0 Å². The van der Waals surface area contributed by atoms with Crippen LogP contribution in [0.4, 0.5) is 5.69 Å². The number of aromatic nitrogens is 1. The Balaban J connectivity index is 1.63. The number of allylic oxidation sites excluding steroid dienone is 1. The fourth-order valence-electron chi connectivity index (χ4n) is 3.59. The maximum absolute atomic E-state index is 13.1. The molecule has 0 saturated carbocycles. The molecule has 0 spiro atoms. The van der Waals surface area contributed by atoms with Gasteiger partial charge in [-0.15, -0.1) is 0 Å². The minimum atomic E-state index is 0.0185. The summed E-state index contributed by atoms with van der Waals surface area (Å²) in [4.78, 5) is 19.3. The summed E-state index contributed by atoms with van der Waals surface area (Å²) in [5.41, 5.74) is 4.22. The van der Waals surface area contributed by atoms with Gasteiger partial charge in [0.25, 0.3) is 5.91 Å². The highest BCUT2D eigenvalue weighted by atomic mass is 16.2. The summed E-state index contributed by atoms with van der Waals surface area (Å²) in [5, 5.41) is 3.43. The summed E-state index contributed by atoms with van der Waals surface area (Å²) in [7, 11) is 0. The maximum atomic E-state index is 13.1. The Labute approximate surface area is 168 Å². The Morgan fingerprint density at radius 1 is 1.18 bits per heavy atom. The molecule has 1 aromatic heterocycles. The van der Waals surface area contributed by atoms with Gasteiger partial charge in [-0.25, -0.2) is 0 Å². The summed E-state index contributed by atoms with van der Waals surface area (Å²) in [6.07, 6.45) is 12.0. The smallest absolute Gasteiger partial charge is 0.256 e. The number of rotatable bonds is 8. The van der Waals surface area contributed by atoms with Crippen LogP contribution in [0.2, 0.25) is 0 Å². The van der Waals surface area contributed by atoms with Gasteiger partial charge in [-0.1, -0.05) is 42.0 Å². The van der Waals surface area contributed by atoms with E-state index in [0.29, 0.717) is 12.1 Å². The Hall–Kier alpha value is -2.62. The first-order valence-electron chi connectivity index (χ1n) is 10.3. The number of hydrogen-bond donors (Lipinski definition) is 1. The van der Waals surface area contributed by atoms with Crippen LogP contribution >= 0.6 is 0 Å². The molecule has 0 unspecified atom stereocenters. The van der Waals surface area contributed by atoms with Gasteiger partial charge in [0, 0.05) is 31.5 Å². The molecule has 0 fully saturated rings. The maximum Gasteiger partial charge on any atom is 0.256 e. The van der Waals surface area contributed by atoms with Crippen molar-refractivity contribution < 1.29 is 4.79 Å². The molecule has 1 heterocycles. The first kappa shape index (κ1) is 20.1. The Kier molecular flexibility index (Phi) is 7.24. The van der Waals surface area contributed by atoms with Crippen molar-refractivity contribution in [1.29, 1.82) is 0 Å². The van der Waals surface area contributed by atoms with Gasteiger partial charge in [-0.05, 0) is 57.6 Å². The Bertz CT molecular complexity index is 799. The molecule has 3 rings (SSSR count). The van der Waals surface area contributed by atoms with Gasteiger partial charge in [-0.2, -0.15) is 0 Å². The highest BCUT2D eigenvalue weighted by Crippen LogP contribution is 2.20. The van der Waals surface area contributed by atoms with Crippen molar-refractivity contribution in [3.05, 3.63) is 71.6 Å². The summed E-state index contributed by atoms with van der Waals surface area (Å²) in [5.74, 6) is 0.0185. The molecule has 0 atom stereocenters. The van der Waals surface area contributed by atoms with Gasteiger partial charge in [0.15, 0.2) is 0 Å². The zero-order chi connectivity index (χ0) is 19.8. The molecule has 0 bridgehead atoms. The van der Waals surface area contributed by atoms with Crippen LogP contribution in [0.1, 0.15) is 61.9 Å². The molecular formula is C24H31N3O. The van der Waals surface area contributed by atoms with E-state index < -0.39 is 0 Å². The molecule has 1 aliphatic carbocycles. The first-order valence-corrected chi connectivity index (χ1v) is 10.3. The predicted molar refractivity (Wildman–Crippen MR) is 115 cm³/mol. The number of hydrogen-bond acceptors (Lipinski definition) is 3. The molecule has 1 amide bonds. The van der Waals surface area contributed by atoms with E-state index in [9.17, 15) is 4.79 Å². The van der Waals surface area contributed by atoms with Crippen molar-refractivity contribution in [2.75, 3.05) is 11.9 Å². The lowest BCUT2D eigenvalue weighted by Crippen LogP contribution is -2.36. The van der Waals surface area contributed by atoms with E-state index in [2.05, 4.69) is 28.5 Å². The SMILES string of the molecule is CC(C)N(Cc1ccccc1)C(=O)c1cncc(NCCC2=CCCCC2)c1. The van der Waals surface area contributed by atoms with E-state index >= 15 is 0 Å². The van der Waals surface area contributed by atoms with E-state index in [1.165, 1.54) is 25.7 Å². The minimum absolute atomic E-state index is 0.0185. The van der Waals surface area contributed by atoms with Crippen LogP contribution in [0.3, 0.4) is 0 Å². The number of anilines is 1. The van der Waals surface area contributed by atoms with Crippen LogP contribution in [-0.4, -0.2) is 28.4 Å². The van der Waals surface area contributed by atoms with Crippen LogP contribution in [0.25, 0.3) is 0 Å². The molecule has 2 aromatic rings. The number of benzene rings is 1. The van der Waals surface area contributed by atoms with Crippen LogP contribution < -0.4 is 5.32 Å². The molecule has 0 aliphatic heterocycles. The van der Waals surface area contributed by atoms with Gasteiger partial charge in [0.1, 0.15) is 0 Å². The highest BCUT2D eigenvalue weighted by molar-refractivity contribution is 5.94. The third-order valence-electron chi connectivity index (χ3n) is 5.23. The van der Waals surface area contributed by atoms with Crippen molar-refractivity contribution in [3.8, 4) is 0 Å². The average Bonchev–Trinajstić information content (AvgIpc) is 2.73. The van der Waals surface area contributed by atoms with E-state index in [4.69, 9.17) is 0 Å². The number of nitrogens with one attached hydrogen (secondary N) is 1. The monoisotopic (exact) mass is 377 g/mol. The summed E-state index contributed by atoms with van der Waals surface area (Å²) in [6, 6.07) is 12.1. The summed E-state index contributed by atoms with van der Waals surface area (Å²) < 4.78 is 0. The summed E-state index contributed by atoms with van der Waals surface area (Å²) in [6.45, 7) is 5.58. The van der Waals surface area contributed by atoms with Gasteiger partial charge in [-0.3, -0.25) is 9.78 Å². The van der Waals surface area contributed by atoms with Crippen molar-refractivity contribution in [2.45, 2.75) is 58.5 Å². The zero-order valence-corrected chi connectivity index (χ0v) is 17.0. The number of carbonyl (C=O) groups is 1. The third-order valence-corrected chi connectivity index (χ3v) is 5.23. The average molecular weight is 378 g/mol. The second-order valence-electron chi connectivity index (χ2n) is 7.76. The lowest BCUT2D eigenvalue weighted by Gasteiger charge is -2.27. The molecule has 4 nitrogen and oxygen atoms in total. The Morgan fingerprint density at radius 3 is 2.71 bits per heavy atom. The second kappa shape index (κ2) is 10.1. The first-order chi connectivity index (χ1) is 13.6. The molecule has 1 N–H and O–H groups in total. The van der Waals surface area contributed by atoms with Crippen molar-refractivity contribution in [2.24, 2.45) is 0 Å². The van der Waals surface area contributed by atoms with E-state index in [1.807, 2.05) is 43.0 Å². The van der Waals surface area contributed by atoms with Crippen molar-refractivity contribution in [1.82, 2.24) is 9.88 Å². The van der Waals surface area contributed by atoms with Crippen LogP contribution in [0.5, 0.6) is 0 Å². The molecular weight excluding hydrogens is 346 g/mol. The van der Waals surface area contributed by atoms with Crippen LogP contribution in [0.15, 0.2) is 60.4 Å². The van der Waals surface area contributed by atoms with Crippen LogP contribution in [-0.2, 0) is 6.54 Å². The van der Waals surface area contributed by atoms with Gasteiger partial charge < -0.3 is 10.2 Å². The molecule has 0 saturated heterocycles. The van der Waals surface area contributed by atoms with Gasteiger partial charge >= 0.3 is 0 Å². The summed E-state index contributed by atoms with van der Waals surface area (Å²) >= 11 is 0. The van der Waals surface area contributed by atoms with Crippen LogP contribution in [0, 0.1) is 0 Å². The highest BCUT2D eigenvalue weighted by Gasteiger charge is 2.19. The minimum Gasteiger partial charge on any atom is -0.383 e. The Morgan fingerprint density at radius 2 is 2.00 bits per heavy atom. The van der Waals surface area contributed by atoms with E-state index in [1.54, 1.807) is 18.0 Å². The number of nitrogens with zero attached hydrogens (tertiary/aromatic N) is 2. The third kappa shape index (κ3) is 5.69. The number of amides is 1. The molecule has 0 radical (unpaired) electrons. The van der Waals surface area contributed by atoms with E-state index in [-0.39, 0.29) is 11.9 Å². The van der Waals surface area contributed by atoms with Crippen molar-refractivity contribution >= 4 is 11.6 Å². The second-order valence-corrected chi connectivity index (χ2v) is 7.76. The normalized spacial score (nSPS) is 13.9. The predicted octanol–water partition coefficient (Wildman–Crippen LogP) is 5.43. The quantitative estimate of drug-likeness (QED) is 0.624. The topological polar surface area (TPSA) is 45.2 Å². The zero-order valence-electron chi connectivity index (χ0n) is 17.0. The fraction of sp³-hybridized carbons (Fsp3) is 0.417. The van der Waals surface area contributed by atoms with E-state index in [0.717, 1.165) is 24.2 Å². The van der Waals surface area contributed by atoms with Gasteiger partial charge in [0.05, 0.1) is 11.3 Å². The molecule has 28 heavy (non-hydrogen) atoms. The lowest BCUT2D eigenvalue weighted by molar-refractivity contribution is 0.0690. The largest absolute Gasteiger partial charge is 0.383 e. The molecule has 1 aromatic carbocycles. The fourth-order valence-corrected chi connectivity index (χ4v) is 3.59. The number of carbonyl (C=O) groups excluding carboxylic acids is 1. The lowest BCUT2D eigenvalue weighted by atomic mass is 9.97. The molecule has 4 heteroatoms. The molecule has 148 valence electrons. The molecule has 1 aliphatic rings. The standard InChI is InChI=1S/C24H31N3O/c1-19(2)27(18-21-11-7-4-8-12-21)24(28)22-15-23(17-25-16-22)26-14-13-20-9-5-3-6-10-20/h4,7-9,11-12,15-17,19,26H,3,5-6,10,13-14,18H2,1-2H3. The number of pyridine rings is 1.